The van der Waals surface area contributed by atoms with Gasteiger partial charge in [-0.25, -0.2) is 19.8 Å². The van der Waals surface area contributed by atoms with Gasteiger partial charge in [0.2, 0.25) is 0 Å². The van der Waals surface area contributed by atoms with Gasteiger partial charge in [0.1, 0.15) is 0 Å². The molecule has 4 nitrogen and oxygen atoms in total. The molecule has 1 aromatic heterocycles. The van der Waals surface area contributed by atoms with Crippen LogP contribution in [0.4, 0.5) is 5.69 Å². The first-order chi connectivity index (χ1) is 31.7. The van der Waals surface area contributed by atoms with E-state index in [1.807, 2.05) is 54.6 Å². The summed E-state index contributed by atoms with van der Waals surface area (Å²) in [6, 6.07) is 79.9. The first kappa shape index (κ1) is 38.2. The Morgan fingerprint density at radius 1 is 0.266 bits per heavy atom. The van der Waals surface area contributed by atoms with Crippen LogP contribution in [-0.2, 0) is 0 Å². The molecule has 1 heterocycles. The lowest BCUT2D eigenvalue weighted by atomic mass is 9.90. The van der Waals surface area contributed by atoms with Gasteiger partial charge in [-0.2, -0.15) is 0 Å². The molecule has 0 aliphatic carbocycles. The summed E-state index contributed by atoms with van der Waals surface area (Å²) in [6.45, 7) is 8.18. The van der Waals surface area contributed by atoms with Crippen molar-refractivity contribution in [2.24, 2.45) is 0 Å². The largest absolute Gasteiger partial charge is 0.238 e. The molecule has 0 spiro atoms. The average Bonchev–Trinajstić information content (AvgIpc) is 3.38. The van der Waals surface area contributed by atoms with Gasteiger partial charge in [0, 0.05) is 16.7 Å². The summed E-state index contributed by atoms with van der Waals surface area (Å²) in [5, 5.41) is 4.88. The molecule has 0 fully saturated rings. The molecule has 11 rings (SSSR count). The van der Waals surface area contributed by atoms with E-state index in [0.29, 0.717) is 23.2 Å². The normalized spacial score (nSPS) is 11.1. The minimum Gasteiger partial charge on any atom is -0.238 e. The van der Waals surface area contributed by atoms with Crippen LogP contribution < -0.4 is 0 Å². The van der Waals surface area contributed by atoms with E-state index in [-0.39, 0.29) is 0 Å². The summed E-state index contributed by atoms with van der Waals surface area (Å²) in [6.07, 6.45) is 0. The summed E-state index contributed by atoms with van der Waals surface area (Å²) < 4.78 is 0. The number of hydrogen-bond acceptors (Lipinski definition) is 3. The molecule has 0 aliphatic rings. The van der Waals surface area contributed by atoms with Gasteiger partial charge < -0.3 is 0 Å². The predicted octanol–water partition coefficient (Wildman–Crippen LogP) is 16.1. The smallest absolute Gasteiger partial charge is 0.194 e. The molecule has 0 unspecified atom stereocenters. The van der Waals surface area contributed by atoms with Gasteiger partial charge in [0.25, 0.3) is 0 Å². The Labute approximate surface area is 372 Å². The van der Waals surface area contributed by atoms with Crippen molar-refractivity contribution >= 4 is 27.2 Å². The van der Waals surface area contributed by atoms with Gasteiger partial charge in [0.05, 0.1) is 6.57 Å². The van der Waals surface area contributed by atoms with E-state index in [9.17, 15) is 0 Å². The second kappa shape index (κ2) is 16.6. The molecule has 0 amide bonds. The highest BCUT2D eigenvalue weighted by Crippen LogP contribution is 2.41. The third-order valence-corrected chi connectivity index (χ3v) is 12.0. The highest BCUT2D eigenvalue weighted by Gasteiger charge is 2.19. The summed E-state index contributed by atoms with van der Waals surface area (Å²) in [4.78, 5) is 19.5. The second-order valence-electron chi connectivity index (χ2n) is 15.8. The molecule has 64 heavy (non-hydrogen) atoms. The van der Waals surface area contributed by atoms with Crippen LogP contribution in [0.25, 0.3) is 116 Å². The molecule has 0 saturated carbocycles. The van der Waals surface area contributed by atoms with Gasteiger partial charge in [-0.05, 0) is 95.4 Å². The monoisotopic (exact) mass is 814 g/mol. The van der Waals surface area contributed by atoms with E-state index in [0.717, 1.165) is 66.8 Å². The molecule has 298 valence electrons. The molecular weight excluding hydrogens is 777 g/mol. The van der Waals surface area contributed by atoms with Gasteiger partial charge in [0.15, 0.2) is 23.2 Å². The Kier molecular flexibility index (Phi) is 9.89. The van der Waals surface area contributed by atoms with Crippen molar-refractivity contribution in [1.82, 2.24) is 15.0 Å². The Balaban J connectivity index is 1.00. The number of benzene rings is 10. The average molecular weight is 815 g/mol. The first-order valence-corrected chi connectivity index (χ1v) is 21.4. The summed E-state index contributed by atoms with van der Waals surface area (Å²) in [5.74, 6) is 1.81. The topological polar surface area (TPSA) is 43.0 Å². The SMILES string of the molecule is [C-]#[N+]c1ccc(-c2cccc(-c3ccccc3-c3nc(-c4ccccc4)nc(-c4ccccc4-c4ccccc4)n3)c2)cc1-c1cccc(-c2cc3ccccc3c3ccccc23)c1. The van der Waals surface area contributed by atoms with Crippen LogP contribution in [0, 0.1) is 6.57 Å². The van der Waals surface area contributed by atoms with Crippen molar-refractivity contribution in [3.63, 3.8) is 0 Å². The molecule has 0 atom stereocenters. The maximum absolute atomic E-state index is 8.18. The minimum atomic E-state index is 0.593. The van der Waals surface area contributed by atoms with Crippen LogP contribution in [0.1, 0.15) is 0 Å². The van der Waals surface area contributed by atoms with Gasteiger partial charge in [-0.3, -0.25) is 0 Å². The van der Waals surface area contributed by atoms with Crippen molar-refractivity contribution in [2.45, 2.75) is 0 Å². The number of rotatable bonds is 8. The van der Waals surface area contributed by atoms with Crippen molar-refractivity contribution in [3.05, 3.63) is 242 Å². The zero-order chi connectivity index (χ0) is 42.8. The highest BCUT2D eigenvalue weighted by atomic mass is 15.0. The first-order valence-electron chi connectivity index (χ1n) is 21.4. The molecule has 0 saturated heterocycles. The lowest BCUT2D eigenvalue weighted by Crippen LogP contribution is -2.02. The number of fused-ring (bicyclic) bond motifs is 3. The zero-order valence-corrected chi connectivity index (χ0v) is 34.7. The summed E-state index contributed by atoms with van der Waals surface area (Å²) in [7, 11) is 0. The van der Waals surface area contributed by atoms with E-state index in [2.05, 4.69) is 181 Å². The lowest BCUT2D eigenvalue weighted by Gasteiger charge is -2.15. The summed E-state index contributed by atoms with van der Waals surface area (Å²) in [5.41, 5.74) is 13.8. The van der Waals surface area contributed by atoms with E-state index >= 15 is 0 Å². The third-order valence-electron chi connectivity index (χ3n) is 12.0. The van der Waals surface area contributed by atoms with Crippen LogP contribution in [-0.4, -0.2) is 15.0 Å². The molecule has 4 heteroatoms. The summed E-state index contributed by atoms with van der Waals surface area (Å²) >= 11 is 0. The van der Waals surface area contributed by atoms with Crippen LogP contribution in [0.2, 0.25) is 0 Å². The second-order valence-corrected chi connectivity index (χ2v) is 15.8. The fourth-order valence-electron chi connectivity index (χ4n) is 8.87. The third kappa shape index (κ3) is 7.18. The zero-order valence-electron chi connectivity index (χ0n) is 34.7. The van der Waals surface area contributed by atoms with Gasteiger partial charge in [-0.15, -0.1) is 0 Å². The maximum atomic E-state index is 8.18. The Morgan fingerprint density at radius 2 is 0.719 bits per heavy atom. The minimum absolute atomic E-state index is 0.593. The Morgan fingerprint density at radius 3 is 1.39 bits per heavy atom. The van der Waals surface area contributed by atoms with E-state index in [4.69, 9.17) is 21.5 Å². The van der Waals surface area contributed by atoms with Gasteiger partial charge >= 0.3 is 0 Å². The van der Waals surface area contributed by atoms with Crippen LogP contribution >= 0.6 is 0 Å². The van der Waals surface area contributed by atoms with Crippen molar-refractivity contribution in [2.75, 3.05) is 0 Å². The van der Waals surface area contributed by atoms with Crippen molar-refractivity contribution in [1.29, 1.82) is 0 Å². The molecule has 11 aromatic rings. The van der Waals surface area contributed by atoms with Crippen LogP contribution in [0.15, 0.2) is 231 Å². The molecule has 0 N–H and O–H groups in total. The Bertz CT molecular complexity index is 3570. The standard InChI is InChI=1S/C60H38N4/c1-61-57-35-34-43(38-56(57)46-26-17-25-45(37-46)55-39-47-22-8-9-28-49(47)51-30-12-13-31-52(51)55)42-23-16-24-44(36-42)50-29-11-15-33-54(50)60-63-58(41-20-6-3-7-21-41)62-59(64-60)53-32-14-10-27-48(53)40-18-4-2-5-19-40/h2-39H. The van der Waals surface area contributed by atoms with E-state index < -0.39 is 0 Å². The lowest BCUT2D eigenvalue weighted by molar-refractivity contribution is 1.07. The molecule has 0 bridgehead atoms. The van der Waals surface area contributed by atoms with Crippen molar-refractivity contribution in [3.8, 4) is 89.8 Å². The fraction of sp³-hybridized carbons (Fsp3) is 0. The van der Waals surface area contributed by atoms with Gasteiger partial charge in [-0.1, -0.05) is 212 Å². The molecule has 0 radical (unpaired) electrons. The Hall–Kier alpha value is -8.78. The molecule has 0 aliphatic heterocycles. The molecular formula is C60H38N4. The van der Waals surface area contributed by atoms with E-state index in [1.54, 1.807) is 0 Å². The van der Waals surface area contributed by atoms with E-state index in [1.165, 1.54) is 27.1 Å². The fourth-order valence-corrected chi connectivity index (χ4v) is 8.87. The predicted molar refractivity (Wildman–Crippen MR) is 265 cm³/mol. The molecule has 10 aromatic carbocycles. The van der Waals surface area contributed by atoms with Crippen molar-refractivity contribution < 1.29 is 0 Å². The maximum Gasteiger partial charge on any atom is 0.194 e. The highest BCUT2D eigenvalue weighted by molar-refractivity contribution is 6.14. The number of nitrogens with zero attached hydrogens (tertiary/aromatic N) is 4. The number of hydrogen-bond donors (Lipinski definition) is 0. The van der Waals surface area contributed by atoms with Crippen LogP contribution in [0.3, 0.4) is 0 Å². The quantitative estimate of drug-likeness (QED) is 0.113. The number of aromatic nitrogens is 3. The van der Waals surface area contributed by atoms with Crippen LogP contribution in [0.5, 0.6) is 0 Å².